The Kier molecular flexibility index (Phi) is 4.68. The quantitative estimate of drug-likeness (QED) is 0.875. The SMILES string of the molecule is O=S1(=O)CCN(c2cc(NC3CC(CF)(CF)C3)ccc2F)CC1. The van der Waals surface area contributed by atoms with Crippen molar-refractivity contribution in [3.05, 3.63) is 24.0 Å². The van der Waals surface area contributed by atoms with Gasteiger partial charge in [-0.3, -0.25) is 8.78 Å². The zero-order valence-corrected chi connectivity index (χ0v) is 14.1. The predicted octanol–water partition coefficient (Wildman–Crippen LogP) is 2.56. The molecule has 0 atom stereocenters. The highest BCUT2D eigenvalue weighted by Crippen LogP contribution is 2.43. The number of alkyl halides is 2. The Balaban J connectivity index is 1.67. The smallest absolute Gasteiger partial charge is 0.153 e. The lowest BCUT2D eigenvalue weighted by Gasteiger charge is -2.44. The van der Waals surface area contributed by atoms with Crippen molar-refractivity contribution in [2.24, 2.45) is 5.41 Å². The maximum atomic E-state index is 14.1. The number of halogens is 3. The molecule has 2 fully saturated rings. The maximum Gasteiger partial charge on any atom is 0.153 e. The normalized spacial score (nSPS) is 22.9. The molecule has 1 N–H and O–H groups in total. The molecule has 0 radical (unpaired) electrons. The van der Waals surface area contributed by atoms with Gasteiger partial charge in [0.05, 0.1) is 30.5 Å². The van der Waals surface area contributed by atoms with Crippen molar-refractivity contribution in [1.29, 1.82) is 0 Å². The molecule has 4 nitrogen and oxygen atoms in total. The highest BCUT2D eigenvalue weighted by atomic mass is 32.2. The second kappa shape index (κ2) is 6.46. The zero-order chi connectivity index (χ0) is 17.4. The van der Waals surface area contributed by atoms with Crippen LogP contribution >= 0.6 is 0 Å². The van der Waals surface area contributed by atoms with Crippen molar-refractivity contribution in [3.63, 3.8) is 0 Å². The van der Waals surface area contributed by atoms with Gasteiger partial charge in [0, 0.05) is 30.2 Å². The molecule has 0 amide bonds. The van der Waals surface area contributed by atoms with Crippen molar-refractivity contribution in [3.8, 4) is 0 Å². The summed E-state index contributed by atoms with van der Waals surface area (Å²) < 4.78 is 62.8. The van der Waals surface area contributed by atoms with E-state index in [1.54, 1.807) is 17.0 Å². The molecule has 24 heavy (non-hydrogen) atoms. The number of benzene rings is 1. The first-order valence-corrected chi connectivity index (χ1v) is 9.82. The molecule has 2 aliphatic rings. The summed E-state index contributed by atoms with van der Waals surface area (Å²) in [6.45, 7) is -0.810. The summed E-state index contributed by atoms with van der Waals surface area (Å²) in [6.07, 6.45) is 0.823. The molecule has 1 aliphatic heterocycles. The lowest BCUT2D eigenvalue weighted by molar-refractivity contribution is 0.0465. The van der Waals surface area contributed by atoms with Gasteiger partial charge < -0.3 is 10.2 Å². The lowest BCUT2D eigenvalue weighted by atomic mass is 9.67. The van der Waals surface area contributed by atoms with Crippen molar-refractivity contribution in [2.75, 3.05) is 48.2 Å². The van der Waals surface area contributed by atoms with E-state index < -0.39 is 34.4 Å². The molecule has 1 heterocycles. The molecular weight excluding hydrogens is 341 g/mol. The summed E-state index contributed by atoms with van der Waals surface area (Å²) in [5, 5.41) is 3.18. The highest BCUT2D eigenvalue weighted by Gasteiger charge is 2.44. The number of rotatable bonds is 5. The first-order valence-electron chi connectivity index (χ1n) is 8.00. The third-order valence-electron chi connectivity index (χ3n) is 4.93. The van der Waals surface area contributed by atoms with E-state index in [1.165, 1.54) is 6.07 Å². The predicted molar refractivity (Wildman–Crippen MR) is 88.3 cm³/mol. The fraction of sp³-hybridized carbons (Fsp3) is 0.625. The fourth-order valence-corrected chi connectivity index (χ4v) is 4.58. The summed E-state index contributed by atoms with van der Waals surface area (Å²) >= 11 is 0. The number of hydrogen-bond acceptors (Lipinski definition) is 4. The van der Waals surface area contributed by atoms with Crippen LogP contribution in [0.15, 0.2) is 18.2 Å². The van der Waals surface area contributed by atoms with Crippen LogP contribution in [0, 0.1) is 11.2 Å². The first-order chi connectivity index (χ1) is 11.4. The minimum absolute atomic E-state index is 0.0161. The number of nitrogens with one attached hydrogen (secondary N) is 1. The van der Waals surface area contributed by atoms with Crippen LogP contribution in [0.25, 0.3) is 0 Å². The van der Waals surface area contributed by atoms with Crippen LogP contribution in [0.3, 0.4) is 0 Å². The molecule has 0 bridgehead atoms. The van der Waals surface area contributed by atoms with Crippen LogP contribution in [-0.2, 0) is 9.84 Å². The minimum Gasteiger partial charge on any atom is -0.382 e. The number of sulfone groups is 1. The van der Waals surface area contributed by atoms with Crippen molar-refractivity contribution in [2.45, 2.75) is 18.9 Å². The van der Waals surface area contributed by atoms with E-state index in [4.69, 9.17) is 0 Å². The molecular formula is C16H21F3N2O2S. The van der Waals surface area contributed by atoms with Gasteiger partial charge in [0.1, 0.15) is 5.82 Å². The Morgan fingerprint density at radius 2 is 1.79 bits per heavy atom. The molecule has 0 unspecified atom stereocenters. The van der Waals surface area contributed by atoms with Crippen LogP contribution < -0.4 is 10.2 Å². The van der Waals surface area contributed by atoms with E-state index in [2.05, 4.69) is 5.32 Å². The van der Waals surface area contributed by atoms with Gasteiger partial charge >= 0.3 is 0 Å². The van der Waals surface area contributed by atoms with Gasteiger partial charge in [0.2, 0.25) is 0 Å². The van der Waals surface area contributed by atoms with Gasteiger partial charge in [0.15, 0.2) is 9.84 Å². The highest BCUT2D eigenvalue weighted by molar-refractivity contribution is 7.91. The topological polar surface area (TPSA) is 49.4 Å². The molecule has 0 spiro atoms. The van der Waals surface area contributed by atoms with Crippen LogP contribution in [0.1, 0.15) is 12.8 Å². The van der Waals surface area contributed by atoms with E-state index in [-0.39, 0.29) is 30.6 Å². The first kappa shape index (κ1) is 17.4. The minimum atomic E-state index is -3.03. The molecule has 1 saturated heterocycles. The Bertz CT molecular complexity index is 685. The Hall–Kier alpha value is -1.44. The van der Waals surface area contributed by atoms with E-state index >= 15 is 0 Å². The van der Waals surface area contributed by atoms with Crippen LogP contribution in [-0.4, -0.2) is 52.4 Å². The Morgan fingerprint density at radius 1 is 1.17 bits per heavy atom. The Labute approximate surface area is 140 Å². The monoisotopic (exact) mass is 362 g/mol. The molecule has 1 aromatic rings. The number of hydrogen-bond donors (Lipinski definition) is 1. The largest absolute Gasteiger partial charge is 0.382 e. The summed E-state index contributed by atoms with van der Waals surface area (Å²) in [6, 6.07) is 4.52. The summed E-state index contributed by atoms with van der Waals surface area (Å²) in [5.74, 6) is -0.375. The Morgan fingerprint density at radius 3 is 2.38 bits per heavy atom. The third-order valence-corrected chi connectivity index (χ3v) is 6.54. The van der Waals surface area contributed by atoms with Gasteiger partial charge in [-0.05, 0) is 31.0 Å². The van der Waals surface area contributed by atoms with Crippen molar-refractivity contribution in [1.82, 2.24) is 0 Å². The van der Waals surface area contributed by atoms with Gasteiger partial charge in [0.25, 0.3) is 0 Å². The second-order valence-corrected chi connectivity index (χ2v) is 9.13. The molecule has 0 aromatic heterocycles. The van der Waals surface area contributed by atoms with Gasteiger partial charge in [-0.25, -0.2) is 12.8 Å². The maximum absolute atomic E-state index is 14.1. The van der Waals surface area contributed by atoms with E-state index in [0.29, 0.717) is 24.2 Å². The molecule has 1 aliphatic carbocycles. The van der Waals surface area contributed by atoms with Gasteiger partial charge in [-0.15, -0.1) is 0 Å². The van der Waals surface area contributed by atoms with Crippen LogP contribution in [0.2, 0.25) is 0 Å². The standard InChI is InChI=1S/C16H21F3N2O2S/c17-10-16(11-18)8-13(9-16)20-12-1-2-14(19)15(7-12)21-3-5-24(22,23)6-4-21/h1-2,7,13,20H,3-6,8-11H2. The zero-order valence-electron chi connectivity index (χ0n) is 13.3. The summed E-state index contributed by atoms with van der Waals surface area (Å²) in [5.41, 5.74) is 0.175. The third kappa shape index (κ3) is 3.48. The molecule has 1 aromatic carbocycles. The van der Waals surface area contributed by atoms with E-state index in [0.717, 1.165) is 0 Å². The average molecular weight is 362 g/mol. The molecule has 3 rings (SSSR count). The lowest BCUT2D eigenvalue weighted by Crippen LogP contribution is -2.48. The number of nitrogens with zero attached hydrogens (tertiary/aromatic N) is 1. The molecule has 134 valence electrons. The summed E-state index contributed by atoms with van der Waals surface area (Å²) in [7, 11) is -3.03. The van der Waals surface area contributed by atoms with Crippen LogP contribution in [0.5, 0.6) is 0 Å². The van der Waals surface area contributed by atoms with Crippen LogP contribution in [0.4, 0.5) is 24.5 Å². The van der Waals surface area contributed by atoms with Crippen molar-refractivity contribution < 1.29 is 21.6 Å². The van der Waals surface area contributed by atoms with E-state index in [9.17, 15) is 21.6 Å². The summed E-state index contributed by atoms with van der Waals surface area (Å²) in [4.78, 5) is 1.72. The van der Waals surface area contributed by atoms with E-state index in [1.807, 2.05) is 0 Å². The average Bonchev–Trinajstić information content (AvgIpc) is 2.52. The molecule has 8 heteroatoms. The number of anilines is 2. The molecule has 1 saturated carbocycles. The fourth-order valence-electron chi connectivity index (χ4n) is 3.38. The van der Waals surface area contributed by atoms with Crippen molar-refractivity contribution >= 4 is 21.2 Å². The van der Waals surface area contributed by atoms with Gasteiger partial charge in [-0.1, -0.05) is 0 Å². The second-order valence-electron chi connectivity index (χ2n) is 6.82. The van der Waals surface area contributed by atoms with Gasteiger partial charge in [-0.2, -0.15) is 0 Å².